The highest BCUT2D eigenvalue weighted by Gasteiger charge is 2.39. The van der Waals surface area contributed by atoms with Crippen LogP contribution < -0.4 is 30.0 Å². The number of alkyl halides is 7. The van der Waals surface area contributed by atoms with E-state index in [2.05, 4.69) is 36.3 Å². The van der Waals surface area contributed by atoms with Crippen LogP contribution in [0.25, 0.3) is 21.9 Å². The standard InChI is InChI=1S/C23H25F3N2O5.C14H15BrF3NO2.C9H11NO3/c1-4-6-15-18(10-9-17-20(15)33-28-21(17)23(24,25)26)32-12-5-11-27-14-7-8-16(22(29)31-3)19(13-14)30-2;1-2-4-9-11(20-8-3-7-15)6-5-10-12(9)21-19-13(10)14(16,17)18;1-12-8-5-6(10)3-4-7(8)9(11)13-2/h7-10,13,27H,4-6,11-12H2,1-3H3;5-6H,2-4,7-8H2,1H3;3-5H,10H2,1-2H3. The summed E-state index contributed by atoms with van der Waals surface area (Å²) in [5.74, 6) is 0.948. The van der Waals surface area contributed by atoms with Crippen LogP contribution in [0.15, 0.2) is 69.7 Å². The van der Waals surface area contributed by atoms with Crippen molar-refractivity contribution in [1.82, 2.24) is 10.3 Å². The van der Waals surface area contributed by atoms with Gasteiger partial charge in [0.2, 0.25) is 0 Å². The number of aryl methyl sites for hydroxylation is 2. The summed E-state index contributed by atoms with van der Waals surface area (Å²) >= 11 is 3.30. The fraction of sp³-hybridized carbons (Fsp3) is 0.391. The molecule has 0 aliphatic rings. The number of methoxy groups -OCH3 is 4. The summed E-state index contributed by atoms with van der Waals surface area (Å²) < 4.78 is 119. The molecule has 21 heteroatoms. The molecule has 0 fully saturated rings. The number of carbonyl (C=O) groups is 2. The summed E-state index contributed by atoms with van der Waals surface area (Å²) in [6.45, 7) is 5.27. The van der Waals surface area contributed by atoms with E-state index < -0.39 is 35.7 Å². The summed E-state index contributed by atoms with van der Waals surface area (Å²) in [5, 5.41) is 10.3. The highest BCUT2D eigenvalue weighted by atomic mass is 79.9. The number of hydrogen-bond donors (Lipinski definition) is 2. The third-order valence-electron chi connectivity index (χ3n) is 9.62. The molecule has 0 radical (unpaired) electrons. The van der Waals surface area contributed by atoms with Crippen molar-refractivity contribution in [3.63, 3.8) is 0 Å². The summed E-state index contributed by atoms with van der Waals surface area (Å²) in [4.78, 5) is 22.9. The first-order chi connectivity index (χ1) is 32.0. The molecule has 6 rings (SSSR count). The minimum Gasteiger partial charge on any atom is -0.496 e. The third-order valence-corrected chi connectivity index (χ3v) is 10.2. The number of rotatable bonds is 18. The monoisotopic (exact) mass is 1010 g/mol. The van der Waals surface area contributed by atoms with Crippen LogP contribution in [0.5, 0.6) is 23.0 Å². The van der Waals surface area contributed by atoms with E-state index in [-0.39, 0.29) is 21.9 Å². The molecule has 2 heterocycles. The second-order valence-corrected chi connectivity index (χ2v) is 15.1. The van der Waals surface area contributed by atoms with E-state index in [4.69, 9.17) is 38.5 Å². The van der Waals surface area contributed by atoms with Gasteiger partial charge >= 0.3 is 24.3 Å². The SMILES string of the molecule is CCCc1c(OCCCBr)ccc2c(C(F)(F)F)noc12.CCCc1c(OCCCNc2ccc(C(=O)OC)c(OC)c2)ccc2c(C(F)(F)F)noc12.COC(=O)c1ccc(N)cc1OC. The van der Waals surface area contributed by atoms with Gasteiger partial charge in [-0.05, 0) is 74.2 Å². The first-order valence-corrected chi connectivity index (χ1v) is 21.9. The number of nitrogen functional groups attached to an aromatic ring is 1. The molecule has 0 saturated carbocycles. The van der Waals surface area contributed by atoms with Crippen molar-refractivity contribution in [3.05, 3.63) is 94.3 Å². The molecule has 6 aromatic rings. The van der Waals surface area contributed by atoms with Gasteiger partial charge in [-0.1, -0.05) is 52.9 Å². The molecule has 4 aromatic carbocycles. The Bertz CT molecular complexity index is 2560. The van der Waals surface area contributed by atoms with E-state index in [9.17, 15) is 35.9 Å². The van der Waals surface area contributed by atoms with Crippen LogP contribution in [0.2, 0.25) is 0 Å². The smallest absolute Gasteiger partial charge is 0.437 e. The van der Waals surface area contributed by atoms with Crippen molar-refractivity contribution >= 4 is 61.2 Å². The summed E-state index contributed by atoms with van der Waals surface area (Å²) in [6, 6.07) is 15.6. The van der Waals surface area contributed by atoms with E-state index >= 15 is 0 Å². The van der Waals surface area contributed by atoms with Crippen LogP contribution in [0, 0.1) is 0 Å². The summed E-state index contributed by atoms with van der Waals surface area (Å²) in [7, 11) is 5.56. The minimum absolute atomic E-state index is 0.0150. The number of ether oxygens (including phenoxy) is 6. The maximum atomic E-state index is 13.1. The van der Waals surface area contributed by atoms with E-state index in [0.717, 1.165) is 23.9 Å². The third kappa shape index (κ3) is 14.1. The molecule has 0 spiro atoms. The fourth-order valence-electron chi connectivity index (χ4n) is 6.52. The Kier molecular flexibility index (Phi) is 19.8. The van der Waals surface area contributed by atoms with Crippen molar-refractivity contribution in [2.24, 2.45) is 0 Å². The molecular weight excluding hydrogens is 962 g/mol. The lowest BCUT2D eigenvalue weighted by Gasteiger charge is -2.13. The van der Waals surface area contributed by atoms with Crippen LogP contribution in [-0.2, 0) is 34.7 Å². The molecule has 0 aliphatic heterocycles. The van der Waals surface area contributed by atoms with E-state index in [1.807, 2.05) is 13.8 Å². The highest BCUT2D eigenvalue weighted by Crippen LogP contribution is 2.40. The van der Waals surface area contributed by atoms with Gasteiger partial charge in [0.15, 0.2) is 22.6 Å². The number of nitrogens with two attached hydrogens (primary N) is 1. The molecule has 0 aliphatic carbocycles. The van der Waals surface area contributed by atoms with Gasteiger partial charge < -0.3 is 48.5 Å². The van der Waals surface area contributed by atoms with E-state index in [1.165, 1.54) is 46.6 Å². The Morgan fingerprint density at radius 2 is 1.12 bits per heavy atom. The number of benzene rings is 4. The molecule has 0 unspecified atom stereocenters. The molecule has 0 amide bonds. The van der Waals surface area contributed by atoms with Crippen molar-refractivity contribution in [3.8, 4) is 23.0 Å². The van der Waals surface area contributed by atoms with Gasteiger partial charge in [-0.25, -0.2) is 9.59 Å². The predicted molar refractivity (Wildman–Crippen MR) is 242 cm³/mol. The second kappa shape index (κ2) is 24.9. The highest BCUT2D eigenvalue weighted by molar-refractivity contribution is 9.09. The van der Waals surface area contributed by atoms with Gasteiger partial charge in [0.1, 0.15) is 34.1 Å². The van der Waals surface area contributed by atoms with Gasteiger partial charge in [0, 0.05) is 46.5 Å². The van der Waals surface area contributed by atoms with Gasteiger partial charge in [-0.3, -0.25) is 0 Å². The van der Waals surface area contributed by atoms with Crippen LogP contribution >= 0.6 is 15.9 Å². The van der Waals surface area contributed by atoms with Gasteiger partial charge in [-0.15, -0.1) is 0 Å². The second-order valence-electron chi connectivity index (χ2n) is 14.3. The maximum absolute atomic E-state index is 13.1. The molecule has 2 aromatic heterocycles. The molecule has 0 bridgehead atoms. The molecule has 14 nitrogen and oxygen atoms in total. The first kappa shape index (κ1) is 53.2. The normalized spacial score (nSPS) is 11.2. The zero-order chi connectivity index (χ0) is 49.3. The largest absolute Gasteiger partial charge is 0.496 e. The number of nitrogens with zero attached hydrogens (tertiary/aromatic N) is 2. The Hall–Kier alpha value is -6.38. The Morgan fingerprint density at radius 3 is 1.55 bits per heavy atom. The average molecular weight is 1010 g/mol. The lowest BCUT2D eigenvalue weighted by molar-refractivity contribution is -0.142. The number of carbonyl (C=O) groups excluding carboxylic acids is 2. The van der Waals surface area contributed by atoms with Gasteiger partial charge in [0.05, 0.1) is 52.4 Å². The predicted octanol–water partition coefficient (Wildman–Crippen LogP) is 11.5. The first-order valence-electron chi connectivity index (χ1n) is 20.8. The molecule has 364 valence electrons. The molecule has 67 heavy (non-hydrogen) atoms. The number of halogens is 7. The van der Waals surface area contributed by atoms with Crippen molar-refractivity contribution in [2.45, 2.75) is 64.7 Å². The molecule has 3 N–H and O–H groups in total. The van der Waals surface area contributed by atoms with Crippen LogP contribution in [0.1, 0.15) is 82.8 Å². The van der Waals surface area contributed by atoms with Crippen molar-refractivity contribution in [2.75, 3.05) is 64.6 Å². The number of anilines is 2. The lowest BCUT2D eigenvalue weighted by Crippen LogP contribution is -2.09. The molecular formula is C46H51BrF6N4O10. The maximum Gasteiger partial charge on any atom is 0.437 e. The molecule has 0 saturated heterocycles. The van der Waals surface area contributed by atoms with Crippen molar-refractivity contribution < 1.29 is 73.4 Å². The number of nitrogens with one attached hydrogen (secondary N) is 1. The number of esters is 2. The Morgan fingerprint density at radius 1 is 0.657 bits per heavy atom. The lowest BCUT2D eigenvalue weighted by atomic mass is 10.0. The zero-order valence-electron chi connectivity index (χ0n) is 37.5. The topological polar surface area (TPSA) is 180 Å². The number of fused-ring (bicyclic) bond motifs is 2. The van der Waals surface area contributed by atoms with Gasteiger partial charge in [-0.2, -0.15) is 26.3 Å². The van der Waals surface area contributed by atoms with Crippen LogP contribution in [0.3, 0.4) is 0 Å². The zero-order valence-corrected chi connectivity index (χ0v) is 39.1. The quantitative estimate of drug-likeness (QED) is 0.0273. The summed E-state index contributed by atoms with van der Waals surface area (Å²) in [6.07, 6.45) is -5.11. The Balaban J connectivity index is 0.000000245. The number of aromatic nitrogens is 2. The van der Waals surface area contributed by atoms with Crippen LogP contribution in [0.4, 0.5) is 37.7 Å². The number of hydrogen-bond acceptors (Lipinski definition) is 14. The molecule has 0 atom stereocenters. The average Bonchev–Trinajstić information content (AvgIpc) is 3.96. The minimum atomic E-state index is -4.58. The van der Waals surface area contributed by atoms with E-state index in [0.29, 0.717) is 96.4 Å². The Labute approximate surface area is 390 Å². The van der Waals surface area contributed by atoms with Gasteiger partial charge in [0.25, 0.3) is 0 Å². The van der Waals surface area contributed by atoms with Crippen LogP contribution in [-0.4, -0.2) is 75.8 Å². The van der Waals surface area contributed by atoms with E-state index in [1.54, 1.807) is 42.5 Å². The summed E-state index contributed by atoms with van der Waals surface area (Å²) in [5.41, 5.74) is 7.01. The van der Waals surface area contributed by atoms with Crippen molar-refractivity contribution in [1.29, 1.82) is 0 Å². The fourth-order valence-corrected chi connectivity index (χ4v) is 6.75.